The topological polar surface area (TPSA) is 54.9 Å². The number of amides is 1. The first-order valence-electron chi connectivity index (χ1n) is 6.26. The molecule has 0 bridgehead atoms. The molecule has 2 aromatic heterocycles. The molecule has 21 heavy (non-hydrogen) atoms. The third-order valence-corrected chi connectivity index (χ3v) is 4.21. The third-order valence-electron chi connectivity index (χ3n) is 3.13. The second-order valence-corrected chi connectivity index (χ2v) is 5.71. The number of alkyl halides is 3. The van der Waals surface area contributed by atoms with E-state index in [-0.39, 0.29) is 5.56 Å². The molecular weight excluding hydrogens is 303 g/mol. The Morgan fingerprint density at radius 2 is 2.10 bits per heavy atom. The van der Waals surface area contributed by atoms with Crippen LogP contribution in [-0.4, -0.2) is 15.9 Å². The molecule has 1 amide bonds. The lowest BCUT2D eigenvalue weighted by molar-refractivity contribution is -0.141. The molecule has 2 heterocycles. The van der Waals surface area contributed by atoms with Crippen molar-refractivity contribution in [1.82, 2.24) is 9.97 Å². The first-order chi connectivity index (χ1) is 9.93. The summed E-state index contributed by atoms with van der Waals surface area (Å²) in [5, 5.41) is 3.07. The minimum absolute atomic E-state index is 0.0679. The zero-order valence-electron chi connectivity index (χ0n) is 10.7. The van der Waals surface area contributed by atoms with Crippen molar-refractivity contribution in [3.05, 3.63) is 40.2 Å². The van der Waals surface area contributed by atoms with E-state index in [0.717, 1.165) is 48.2 Å². The van der Waals surface area contributed by atoms with E-state index < -0.39 is 17.8 Å². The van der Waals surface area contributed by atoms with Gasteiger partial charge in [-0.15, -0.1) is 11.3 Å². The molecule has 0 fully saturated rings. The molecule has 0 spiro atoms. The van der Waals surface area contributed by atoms with Crippen molar-refractivity contribution in [2.75, 3.05) is 5.32 Å². The summed E-state index contributed by atoms with van der Waals surface area (Å²) >= 11 is 1.41. The van der Waals surface area contributed by atoms with Gasteiger partial charge in [0.25, 0.3) is 5.91 Å². The number of aromatic nitrogens is 2. The van der Waals surface area contributed by atoms with Crippen LogP contribution in [0.1, 0.15) is 33.0 Å². The number of hydrogen-bond donors (Lipinski definition) is 1. The maximum Gasteiger partial charge on any atom is 0.433 e. The molecule has 0 saturated carbocycles. The molecule has 0 radical (unpaired) electrons. The van der Waals surface area contributed by atoms with Crippen molar-refractivity contribution >= 4 is 22.4 Å². The van der Waals surface area contributed by atoms with E-state index in [1.165, 1.54) is 11.3 Å². The van der Waals surface area contributed by atoms with Gasteiger partial charge in [-0.25, -0.2) is 4.98 Å². The fraction of sp³-hybridized carbons (Fsp3) is 0.308. The molecular formula is C13H10F3N3OS. The summed E-state index contributed by atoms with van der Waals surface area (Å²) < 4.78 is 37.2. The van der Waals surface area contributed by atoms with Crippen LogP contribution in [0.5, 0.6) is 0 Å². The molecule has 0 saturated heterocycles. The summed E-state index contributed by atoms with van der Waals surface area (Å²) in [7, 11) is 0. The van der Waals surface area contributed by atoms with Gasteiger partial charge in [0, 0.05) is 11.1 Å². The summed E-state index contributed by atoms with van der Waals surface area (Å²) in [6.45, 7) is 0. The maximum atomic E-state index is 12.4. The van der Waals surface area contributed by atoms with Crippen molar-refractivity contribution in [1.29, 1.82) is 0 Å². The van der Waals surface area contributed by atoms with E-state index in [1.54, 1.807) is 0 Å². The van der Waals surface area contributed by atoms with Gasteiger partial charge < -0.3 is 0 Å². The third kappa shape index (κ3) is 2.90. The van der Waals surface area contributed by atoms with Crippen LogP contribution in [0.3, 0.4) is 0 Å². The van der Waals surface area contributed by atoms with Gasteiger partial charge >= 0.3 is 6.18 Å². The predicted octanol–water partition coefficient (Wildman–Crippen LogP) is 3.30. The first-order valence-corrected chi connectivity index (χ1v) is 7.08. The molecule has 0 atom stereocenters. The number of carbonyl (C=O) groups excluding carboxylic acids is 1. The number of nitrogens with zero attached hydrogens (tertiary/aromatic N) is 2. The Morgan fingerprint density at radius 1 is 1.29 bits per heavy atom. The van der Waals surface area contributed by atoms with Crippen LogP contribution in [0.4, 0.5) is 18.3 Å². The van der Waals surface area contributed by atoms with Gasteiger partial charge in [0.05, 0.1) is 11.3 Å². The standard InChI is InChI=1S/C13H10F3N3OS/c14-13(15,16)10-5-4-7(6-17-10)11(20)19-12-18-8-2-1-3-9(8)21-12/h4-6H,1-3H2,(H,18,19,20). The molecule has 1 aliphatic carbocycles. The largest absolute Gasteiger partial charge is 0.433 e. The fourth-order valence-corrected chi connectivity index (χ4v) is 3.15. The van der Waals surface area contributed by atoms with Gasteiger partial charge in [0.15, 0.2) is 5.13 Å². The highest BCUT2D eigenvalue weighted by Crippen LogP contribution is 2.31. The number of rotatable bonds is 2. The number of nitrogens with one attached hydrogen (secondary N) is 1. The maximum absolute atomic E-state index is 12.4. The highest BCUT2D eigenvalue weighted by Gasteiger charge is 2.32. The molecule has 110 valence electrons. The first kappa shape index (κ1) is 14.0. The van der Waals surface area contributed by atoms with E-state index in [9.17, 15) is 18.0 Å². The minimum atomic E-state index is -4.51. The van der Waals surface area contributed by atoms with Crippen LogP contribution in [0.2, 0.25) is 0 Å². The highest BCUT2D eigenvalue weighted by atomic mass is 32.1. The van der Waals surface area contributed by atoms with Gasteiger partial charge in [-0.3, -0.25) is 15.1 Å². The van der Waals surface area contributed by atoms with Crippen LogP contribution >= 0.6 is 11.3 Å². The summed E-state index contributed by atoms with van der Waals surface area (Å²) in [6.07, 6.45) is -0.649. The van der Waals surface area contributed by atoms with Gasteiger partial charge in [-0.2, -0.15) is 13.2 Å². The molecule has 4 nitrogen and oxygen atoms in total. The van der Waals surface area contributed by atoms with E-state index in [1.807, 2.05) is 0 Å². The average Bonchev–Trinajstić information content (AvgIpc) is 2.98. The number of anilines is 1. The molecule has 0 aliphatic heterocycles. The number of halogens is 3. The summed E-state index contributed by atoms with van der Waals surface area (Å²) in [6, 6.07) is 1.89. The molecule has 0 aromatic carbocycles. The Bertz CT molecular complexity index is 657. The van der Waals surface area contributed by atoms with Crippen LogP contribution in [-0.2, 0) is 19.0 Å². The van der Waals surface area contributed by atoms with E-state index >= 15 is 0 Å². The van der Waals surface area contributed by atoms with Crippen LogP contribution in [0.25, 0.3) is 0 Å². The lowest BCUT2D eigenvalue weighted by Gasteiger charge is -2.06. The lowest BCUT2D eigenvalue weighted by atomic mass is 10.2. The Kier molecular flexibility index (Phi) is 3.40. The number of carbonyl (C=O) groups is 1. The average molecular weight is 313 g/mol. The zero-order chi connectivity index (χ0) is 15.0. The van der Waals surface area contributed by atoms with Crippen LogP contribution < -0.4 is 5.32 Å². The molecule has 2 aromatic rings. The number of hydrogen-bond acceptors (Lipinski definition) is 4. The SMILES string of the molecule is O=C(Nc1nc2c(s1)CCC2)c1ccc(C(F)(F)F)nc1. The number of pyridine rings is 1. The number of thiazole rings is 1. The van der Waals surface area contributed by atoms with E-state index in [2.05, 4.69) is 15.3 Å². The Balaban J connectivity index is 1.73. The fourth-order valence-electron chi connectivity index (χ4n) is 2.11. The molecule has 1 aliphatic rings. The van der Waals surface area contributed by atoms with E-state index in [0.29, 0.717) is 5.13 Å². The molecule has 8 heteroatoms. The highest BCUT2D eigenvalue weighted by molar-refractivity contribution is 7.15. The molecule has 0 unspecified atom stereocenters. The Morgan fingerprint density at radius 3 is 2.71 bits per heavy atom. The Hall–Kier alpha value is -1.96. The van der Waals surface area contributed by atoms with Crippen molar-refractivity contribution in [3.8, 4) is 0 Å². The van der Waals surface area contributed by atoms with Gasteiger partial charge in [-0.1, -0.05) is 0 Å². The van der Waals surface area contributed by atoms with Gasteiger partial charge in [0.1, 0.15) is 5.69 Å². The minimum Gasteiger partial charge on any atom is -0.298 e. The summed E-state index contributed by atoms with van der Waals surface area (Å²) in [5.74, 6) is -0.511. The van der Waals surface area contributed by atoms with Crippen molar-refractivity contribution in [2.24, 2.45) is 0 Å². The zero-order valence-corrected chi connectivity index (χ0v) is 11.5. The van der Waals surface area contributed by atoms with Gasteiger partial charge in [0.2, 0.25) is 0 Å². The van der Waals surface area contributed by atoms with Crippen molar-refractivity contribution in [2.45, 2.75) is 25.4 Å². The predicted molar refractivity (Wildman–Crippen MR) is 71.3 cm³/mol. The second kappa shape index (κ2) is 5.10. The summed E-state index contributed by atoms with van der Waals surface area (Å²) in [4.78, 5) is 20.7. The smallest absolute Gasteiger partial charge is 0.298 e. The normalized spacial score (nSPS) is 14.0. The van der Waals surface area contributed by atoms with Crippen LogP contribution in [0, 0.1) is 0 Å². The number of fused-ring (bicyclic) bond motifs is 1. The summed E-state index contributed by atoms with van der Waals surface area (Å²) in [5.41, 5.74) is 0.0477. The van der Waals surface area contributed by atoms with Crippen LogP contribution in [0.15, 0.2) is 18.3 Å². The molecule has 1 N–H and O–H groups in total. The molecule has 3 rings (SSSR count). The quantitative estimate of drug-likeness (QED) is 0.925. The van der Waals surface area contributed by atoms with E-state index in [4.69, 9.17) is 0 Å². The van der Waals surface area contributed by atoms with Crippen molar-refractivity contribution in [3.63, 3.8) is 0 Å². The lowest BCUT2D eigenvalue weighted by Crippen LogP contribution is -2.14. The Labute approximate surface area is 122 Å². The van der Waals surface area contributed by atoms with Gasteiger partial charge in [-0.05, 0) is 31.4 Å². The van der Waals surface area contributed by atoms with Crippen molar-refractivity contribution < 1.29 is 18.0 Å². The second-order valence-electron chi connectivity index (χ2n) is 4.63. The number of aryl methyl sites for hydroxylation is 2. The monoisotopic (exact) mass is 313 g/mol.